The van der Waals surface area contributed by atoms with Gasteiger partial charge in [0.15, 0.2) is 0 Å². The molecule has 0 aliphatic carbocycles. The van der Waals surface area contributed by atoms with Gasteiger partial charge in [0.25, 0.3) is 0 Å². The first-order valence-corrected chi connectivity index (χ1v) is 10.8. The molecular formula is C18H22N2O3PS+. The summed E-state index contributed by atoms with van der Waals surface area (Å²) in [5, 5.41) is 4.06. The van der Waals surface area contributed by atoms with E-state index in [4.69, 9.17) is 9.05 Å². The molecule has 0 radical (unpaired) electrons. The van der Waals surface area contributed by atoms with E-state index in [-0.39, 0.29) is 13.2 Å². The van der Waals surface area contributed by atoms with Gasteiger partial charge < -0.3 is 0 Å². The summed E-state index contributed by atoms with van der Waals surface area (Å²) < 4.78 is 26.9. The van der Waals surface area contributed by atoms with Crippen molar-refractivity contribution in [3.8, 4) is 0 Å². The lowest BCUT2D eigenvalue weighted by Gasteiger charge is -2.17. The lowest BCUT2D eigenvalue weighted by molar-refractivity contribution is -0.388. The van der Waals surface area contributed by atoms with Crippen LogP contribution in [0.25, 0.3) is 0 Å². The van der Waals surface area contributed by atoms with Gasteiger partial charge in [-0.25, -0.2) is 4.57 Å². The molecule has 1 aliphatic heterocycles. The zero-order valence-electron chi connectivity index (χ0n) is 14.1. The van der Waals surface area contributed by atoms with Gasteiger partial charge in [0, 0.05) is 0 Å². The molecule has 1 N–H and O–H groups in total. The van der Waals surface area contributed by atoms with E-state index in [0.29, 0.717) is 6.54 Å². The monoisotopic (exact) mass is 377 g/mol. The number of benzene rings is 2. The Morgan fingerprint density at radius 3 is 2.00 bits per heavy atom. The minimum absolute atomic E-state index is 0.241. The first kappa shape index (κ1) is 18.2. The van der Waals surface area contributed by atoms with E-state index >= 15 is 0 Å². The van der Waals surface area contributed by atoms with Crippen LogP contribution in [0.5, 0.6) is 0 Å². The van der Waals surface area contributed by atoms with Crippen LogP contribution in [0.1, 0.15) is 11.1 Å². The smallest absolute Gasteiger partial charge is 0.270 e. The third-order valence-corrected chi connectivity index (χ3v) is 6.59. The van der Waals surface area contributed by atoms with Gasteiger partial charge in [0.1, 0.15) is 13.1 Å². The minimum atomic E-state index is -3.46. The fourth-order valence-corrected chi connectivity index (χ4v) is 5.22. The van der Waals surface area contributed by atoms with Crippen LogP contribution >= 0.6 is 19.5 Å². The average Bonchev–Trinajstić information content (AvgIpc) is 3.16. The van der Waals surface area contributed by atoms with Crippen molar-refractivity contribution in [1.82, 2.24) is 5.32 Å². The molecule has 2 aromatic carbocycles. The second-order valence-electron chi connectivity index (χ2n) is 5.55. The number of amidine groups is 1. The molecule has 0 fully saturated rings. The first-order chi connectivity index (χ1) is 12.2. The number of nitrogens with zero attached hydrogens (tertiary/aromatic N) is 1. The maximum absolute atomic E-state index is 13.5. The molecule has 0 aromatic heterocycles. The summed E-state index contributed by atoms with van der Waals surface area (Å²) >= 11 is 1.51. The van der Waals surface area contributed by atoms with Crippen LogP contribution in [0.3, 0.4) is 0 Å². The Balaban J connectivity index is 1.79. The van der Waals surface area contributed by atoms with Crippen molar-refractivity contribution >= 4 is 24.7 Å². The summed E-state index contributed by atoms with van der Waals surface area (Å²) in [6, 6.07) is 19.4. The van der Waals surface area contributed by atoms with Gasteiger partial charge in [-0.2, -0.15) is 4.35 Å². The normalized spacial score (nSPS) is 14.6. The Morgan fingerprint density at radius 2 is 1.52 bits per heavy atom. The van der Waals surface area contributed by atoms with E-state index in [1.165, 1.54) is 11.8 Å². The Hall–Kier alpha value is -1.59. The molecule has 0 bridgehead atoms. The zero-order valence-corrected chi connectivity index (χ0v) is 15.8. The van der Waals surface area contributed by atoms with Crippen molar-refractivity contribution in [2.24, 2.45) is 0 Å². The molecule has 7 heteroatoms. The number of thioether (sulfide) groups is 1. The quantitative estimate of drug-likeness (QED) is 0.743. The predicted molar refractivity (Wildman–Crippen MR) is 102 cm³/mol. The fraction of sp³-hybridized carbons (Fsp3) is 0.278. The average molecular weight is 377 g/mol. The number of hydrogen-bond donors (Lipinski definition) is 1. The van der Waals surface area contributed by atoms with Gasteiger partial charge >= 0.3 is 12.9 Å². The molecule has 3 rings (SSSR count). The minimum Gasteiger partial charge on any atom is -0.270 e. The summed E-state index contributed by atoms with van der Waals surface area (Å²) in [5.41, 5.74) is 1.92. The van der Waals surface area contributed by atoms with Crippen LogP contribution in [0.15, 0.2) is 60.7 Å². The Bertz CT molecular complexity index is 721. The second-order valence-corrected chi connectivity index (χ2v) is 8.28. The molecule has 1 heterocycles. The lowest BCUT2D eigenvalue weighted by atomic mass is 10.2. The Labute approximate surface area is 152 Å². The van der Waals surface area contributed by atoms with Gasteiger partial charge in [0.05, 0.1) is 13.2 Å². The Kier molecular flexibility index (Phi) is 6.32. The van der Waals surface area contributed by atoms with Crippen molar-refractivity contribution in [2.75, 3.05) is 19.3 Å². The van der Waals surface area contributed by atoms with Crippen LogP contribution in [0, 0.1) is 0 Å². The van der Waals surface area contributed by atoms with Gasteiger partial charge in [0.2, 0.25) is 0 Å². The topological polar surface area (TPSA) is 50.6 Å². The second kappa shape index (κ2) is 8.68. The molecule has 0 saturated carbocycles. The number of rotatable bonds is 7. The molecule has 0 saturated heterocycles. The molecule has 5 nitrogen and oxygen atoms in total. The van der Waals surface area contributed by atoms with Crippen LogP contribution < -0.4 is 5.32 Å². The first-order valence-electron chi connectivity index (χ1n) is 8.11. The van der Waals surface area contributed by atoms with Crippen molar-refractivity contribution in [1.29, 1.82) is 0 Å². The summed E-state index contributed by atoms with van der Waals surface area (Å²) in [5.74, 6) is 0. The summed E-state index contributed by atoms with van der Waals surface area (Å²) in [7, 11) is -3.46. The molecule has 132 valence electrons. The third-order valence-electron chi connectivity index (χ3n) is 3.80. The van der Waals surface area contributed by atoms with E-state index < -0.39 is 7.75 Å². The molecule has 1 aliphatic rings. The standard InChI is InChI=1S/C18H21N2O3PS/c1-25-18-19-12-13-20(18)24(21,22-14-16-8-4-2-5-9-16)23-15-17-10-6-3-7-11-17/h2-11H,12-15H2,1H3/p+1. The van der Waals surface area contributed by atoms with Crippen LogP contribution in [0.2, 0.25) is 0 Å². The molecule has 0 atom stereocenters. The highest BCUT2D eigenvalue weighted by Crippen LogP contribution is 2.51. The van der Waals surface area contributed by atoms with Crippen LogP contribution in [-0.4, -0.2) is 28.9 Å². The summed E-state index contributed by atoms with van der Waals surface area (Å²) in [4.78, 5) is 0. The van der Waals surface area contributed by atoms with E-state index in [2.05, 4.69) is 5.32 Å². The van der Waals surface area contributed by atoms with Crippen molar-refractivity contribution in [3.63, 3.8) is 0 Å². The Morgan fingerprint density at radius 1 is 1.00 bits per heavy atom. The van der Waals surface area contributed by atoms with Crippen molar-refractivity contribution in [3.05, 3.63) is 71.8 Å². The summed E-state index contributed by atoms with van der Waals surface area (Å²) in [6.07, 6.45) is 1.94. The predicted octanol–water partition coefficient (Wildman–Crippen LogP) is 3.86. The largest absolute Gasteiger partial charge is 0.524 e. The van der Waals surface area contributed by atoms with Crippen LogP contribution in [0.4, 0.5) is 0 Å². The highest BCUT2D eigenvalue weighted by molar-refractivity contribution is 8.13. The zero-order chi connectivity index (χ0) is 17.5. The molecular weight excluding hydrogens is 355 g/mol. The summed E-state index contributed by atoms with van der Waals surface area (Å²) in [6.45, 7) is 1.80. The molecule has 25 heavy (non-hydrogen) atoms. The lowest BCUT2D eigenvalue weighted by Crippen LogP contribution is -2.19. The molecule has 2 aromatic rings. The van der Waals surface area contributed by atoms with E-state index in [1.807, 2.05) is 66.9 Å². The van der Waals surface area contributed by atoms with E-state index in [1.54, 1.807) is 4.35 Å². The SMILES string of the molecule is CSC1=[N+](P(=O)(OCc2ccccc2)OCc2ccccc2)CCN1. The van der Waals surface area contributed by atoms with Crippen molar-refractivity contribution < 1.29 is 18.0 Å². The van der Waals surface area contributed by atoms with Gasteiger partial charge in [-0.1, -0.05) is 60.7 Å². The van der Waals surface area contributed by atoms with E-state index in [9.17, 15) is 4.57 Å². The van der Waals surface area contributed by atoms with Crippen molar-refractivity contribution in [2.45, 2.75) is 13.2 Å². The third kappa shape index (κ3) is 4.73. The van der Waals surface area contributed by atoms with E-state index in [0.717, 1.165) is 22.8 Å². The van der Waals surface area contributed by atoms with Gasteiger partial charge in [-0.3, -0.25) is 14.4 Å². The maximum atomic E-state index is 13.5. The van der Waals surface area contributed by atoms with Crippen LogP contribution in [-0.2, 0) is 26.8 Å². The maximum Gasteiger partial charge on any atom is 0.524 e. The number of nitrogens with one attached hydrogen (secondary N) is 1. The highest BCUT2D eigenvalue weighted by Gasteiger charge is 2.41. The molecule has 0 spiro atoms. The fourth-order valence-electron chi connectivity index (χ4n) is 2.51. The molecule has 0 amide bonds. The highest BCUT2D eigenvalue weighted by atomic mass is 32.2. The number of hydrogen-bond acceptors (Lipinski definition) is 5. The van der Waals surface area contributed by atoms with Gasteiger partial charge in [-0.15, -0.1) is 0 Å². The molecule has 0 unspecified atom stereocenters. The van der Waals surface area contributed by atoms with Gasteiger partial charge in [-0.05, 0) is 29.1 Å².